The highest BCUT2D eigenvalue weighted by atomic mass is 16.4. The van der Waals surface area contributed by atoms with Crippen molar-refractivity contribution in [3.63, 3.8) is 0 Å². The summed E-state index contributed by atoms with van der Waals surface area (Å²) in [5.41, 5.74) is 10.8. The zero-order valence-electron chi connectivity index (χ0n) is 16.7. The molecule has 0 fully saturated rings. The summed E-state index contributed by atoms with van der Waals surface area (Å²) in [6, 6.07) is -3.29. The number of carboxylic acids is 1. The molecule has 11 heteroatoms. The van der Waals surface area contributed by atoms with Crippen LogP contribution in [-0.4, -0.2) is 59.4 Å². The number of nitrogens with one attached hydrogen (secondary N) is 3. The van der Waals surface area contributed by atoms with Gasteiger partial charge in [0.1, 0.15) is 12.1 Å². The van der Waals surface area contributed by atoms with E-state index in [0.717, 1.165) is 0 Å². The van der Waals surface area contributed by atoms with E-state index in [-0.39, 0.29) is 11.8 Å². The molecule has 11 nitrogen and oxygen atoms in total. The van der Waals surface area contributed by atoms with Crippen molar-refractivity contribution in [1.29, 1.82) is 0 Å². The van der Waals surface area contributed by atoms with Gasteiger partial charge in [0.25, 0.3) is 0 Å². The quantitative estimate of drug-likeness (QED) is 0.219. The normalized spacial score (nSPS) is 15.1. The van der Waals surface area contributed by atoms with E-state index in [4.69, 9.17) is 11.5 Å². The Bertz CT molecular complexity index is 595. The fourth-order valence-corrected chi connectivity index (χ4v) is 2.18. The highest BCUT2D eigenvalue weighted by Crippen LogP contribution is 2.07. The van der Waals surface area contributed by atoms with Crippen LogP contribution in [0.4, 0.5) is 0 Å². The molecule has 0 heterocycles. The third kappa shape index (κ3) is 8.80. The largest absolute Gasteiger partial charge is 0.480 e. The zero-order valence-corrected chi connectivity index (χ0v) is 16.7. The molecule has 4 unspecified atom stereocenters. The average Bonchev–Trinajstić information content (AvgIpc) is 2.61. The Balaban J connectivity index is 4.90. The minimum atomic E-state index is -1.30. The molecule has 8 N–H and O–H groups in total. The third-order valence-corrected chi connectivity index (χ3v) is 4.28. The predicted molar refractivity (Wildman–Crippen MR) is 101 cm³/mol. The monoisotopic (exact) mass is 401 g/mol. The number of carbonyl (C=O) groups excluding carboxylic acids is 4. The number of rotatable bonds is 12. The van der Waals surface area contributed by atoms with Crippen molar-refractivity contribution >= 4 is 29.6 Å². The van der Waals surface area contributed by atoms with Crippen LogP contribution in [-0.2, 0) is 24.0 Å². The number of hydrogen-bond donors (Lipinski definition) is 6. The first-order valence-electron chi connectivity index (χ1n) is 9.04. The number of primary amides is 1. The lowest BCUT2D eigenvalue weighted by Gasteiger charge is -2.22. The van der Waals surface area contributed by atoms with Crippen LogP contribution in [0.25, 0.3) is 0 Å². The fourth-order valence-electron chi connectivity index (χ4n) is 2.18. The highest BCUT2D eigenvalue weighted by molar-refractivity contribution is 5.95. The molecule has 0 aliphatic heterocycles. The first kappa shape index (κ1) is 25.3. The predicted octanol–water partition coefficient (Wildman–Crippen LogP) is -1.94. The van der Waals surface area contributed by atoms with Gasteiger partial charge >= 0.3 is 5.97 Å². The van der Waals surface area contributed by atoms with Gasteiger partial charge in [0.15, 0.2) is 0 Å². The van der Waals surface area contributed by atoms with Gasteiger partial charge in [-0.05, 0) is 11.8 Å². The van der Waals surface area contributed by atoms with E-state index in [1.165, 1.54) is 0 Å². The lowest BCUT2D eigenvalue weighted by molar-refractivity contribution is -0.143. The summed E-state index contributed by atoms with van der Waals surface area (Å²) in [4.78, 5) is 58.7. The van der Waals surface area contributed by atoms with E-state index < -0.39 is 60.7 Å². The van der Waals surface area contributed by atoms with Crippen LogP contribution in [0.5, 0.6) is 0 Å². The van der Waals surface area contributed by atoms with Crippen molar-refractivity contribution in [2.75, 3.05) is 6.54 Å². The smallest absolute Gasteiger partial charge is 0.326 e. The van der Waals surface area contributed by atoms with Gasteiger partial charge in [-0.2, -0.15) is 0 Å². The molecule has 160 valence electrons. The highest BCUT2D eigenvalue weighted by Gasteiger charge is 2.28. The van der Waals surface area contributed by atoms with Crippen LogP contribution >= 0.6 is 0 Å². The summed E-state index contributed by atoms with van der Waals surface area (Å²) < 4.78 is 0. The van der Waals surface area contributed by atoms with E-state index in [9.17, 15) is 29.1 Å². The summed E-state index contributed by atoms with van der Waals surface area (Å²) >= 11 is 0. The maximum atomic E-state index is 12.3. The van der Waals surface area contributed by atoms with Crippen LogP contribution in [0.3, 0.4) is 0 Å². The number of nitrogens with two attached hydrogens (primary N) is 2. The lowest BCUT2D eigenvalue weighted by atomic mass is 9.99. The Morgan fingerprint density at radius 2 is 1.57 bits per heavy atom. The molecule has 0 aromatic rings. The van der Waals surface area contributed by atoms with Crippen molar-refractivity contribution in [2.45, 2.75) is 58.7 Å². The molecule has 0 aromatic heterocycles. The molecule has 0 saturated heterocycles. The van der Waals surface area contributed by atoms with Crippen LogP contribution < -0.4 is 27.4 Å². The standard InChI is InChI=1S/C17H31N5O6/c1-5-9(4)14(17(27)28)22-12(24)7-20-15(25)10(6-11(18)23)21-16(26)13(19)8(2)3/h8-10,13-14H,5-7,19H2,1-4H3,(H2,18,23)(H,20,25)(H,21,26)(H,22,24)(H,27,28). The van der Waals surface area contributed by atoms with Crippen molar-refractivity contribution in [1.82, 2.24) is 16.0 Å². The number of aliphatic carboxylic acids is 1. The van der Waals surface area contributed by atoms with Gasteiger partial charge in [-0.25, -0.2) is 4.79 Å². The minimum Gasteiger partial charge on any atom is -0.480 e. The van der Waals surface area contributed by atoms with Crippen molar-refractivity contribution < 1.29 is 29.1 Å². The number of carbonyl (C=O) groups is 5. The van der Waals surface area contributed by atoms with Gasteiger partial charge in [0, 0.05) is 0 Å². The summed E-state index contributed by atoms with van der Waals surface area (Å²) in [6.07, 6.45) is 0.0566. The third-order valence-electron chi connectivity index (χ3n) is 4.28. The SMILES string of the molecule is CCC(C)C(NC(=O)CNC(=O)C(CC(N)=O)NC(=O)C(N)C(C)C)C(=O)O. The Kier molecular flexibility index (Phi) is 10.8. The van der Waals surface area contributed by atoms with Crippen LogP contribution in [0, 0.1) is 11.8 Å². The molecule has 0 saturated carbocycles. The van der Waals surface area contributed by atoms with Crippen molar-refractivity contribution in [3.8, 4) is 0 Å². The fraction of sp³-hybridized carbons (Fsp3) is 0.706. The van der Waals surface area contributed by atoms with E-state index in [2.05, 4.69) is 16.0 Å². The maximum Gasteiger partial charge on any atom is 0.326 e. The average molecular weight is 401 g/mol. The minimum absolute atomic E-state index is 0.198. The summed E-state index contributed by atoms with van der Waals surface area (Å²) in [5, 5.41) is 16.1. The van der Waals surface area contributed by atoms with Gasteiger partial charge < -0.3 is 32.5 Å². The Morgan fingerprint density at radius 1 is 1.00 bits per heavy atom. The molecule has 4 amide bonds. The summed E-state index contributed by atoms with van der Waals surface area (Å²) in [5.74, 6) is -4.68. The molecular weight excluding hydrogens is 370 g/mol. The topological polar surface area (TPSA) is 194 Å². The van der Waals surface area contributed by atoms with Gasteiger partial charge in [0.05, 0.1) is 19.0 Å². The first-order chi connectivity index (χ1) is 12.9. The van der Waals surface area contributed by atoms with Crippen molar-refractivity contribution in [3.05, 3.63) is 0 Å². The van der Waals surface area contributed by atoms with E-state index in [0.29, 0.717) is 6.42 Å². The molecule has 0 aromatic carbocycles. The van der Waals surface area contributed by atoms with E-state index >= 15 is 0 Å². The summed E-state index contributed by atoms with van der Waals surface area (Å²) in [7, 11) is 0. The lowest BCUT2D eigenvalue weighted by Crippen LogP contribution is -2.55. The summed E-state index contributed by atoms with van der Waals surface area (Å²) in [6.45, 7) is 6.36. The number of amides is 4. The van der Waals surface area contributed by atoms with Crippen molar-refractivity contribution in [2.24, 2.45) is 23.3 Å². The van der Waals surface area contributed by atoms with Gasteiger partial charge in [-0.3, -0.25) is 19.2 Å². The maximum absolute atomic E-state index is 12.3. The second kappa shape index (κ2) is 11.9. The molecule has 0 bridgehead atoms. The van der Waals surface area contributed by atoms with Crippen LogP contribution in [0.2, 0.25) is 0 Å². The Labute approximate surface area is 164 Å². The number of carboxylic acid groups (broad SMARTS) is 1. The van der Waals surface area contributed by atoms with Crippen LogP contribution in [0.1, 0.15) is 40.5 Å². The number of hydrogen-bond acceptors (Lipinski definition) is 6. The van der Waals surface area contributed by atoms with Crippen LogP contribution in [0.15, 0.2) is 0 Å². The first-order valence-corrected chi connectivity index (χ1v) is 9.04. The van der Waals surface area contributed by atoms with Gasteiger partial charge in [-0.1, -0.05) is 34.1 Å². The van der Waals surface area contributed by atoms with E-state index in [1.807, 2.05) is 0 Å². The molecule has 28 heavy (non-hydrogen) atoms. The Morgan fingerprint density at radius 3 is 2.00 bits per heavy atom. The molecule has 0 radical (unpaired) electrons. The van der Waals surface area contributed by atoms with E-state index in [1.54, 1.807) is 27.7 Å². The Hall–Kier alpha value is -2.69. The molecule has 0 aliphatic carbocycles. The zero-order chi connectivity index (χ0) is 22.0. The second-order valence-electron chi connectivity index (χ2n) is 6.99. The molecular formula is C17H31N5O6. The van der Waals surface area contributed by atoms with Gasteiger partial charge in [-0.15, -0.1) is 0 Å². The van der Waals surface area contributed by atoms with Gasteiger partial charge in [0.2, 0.25) is 23.6 Å². The molecule has 0 spiro atoms. The molecule has 4 atom stereocenters. The molecule has 0 aliphatic rings. The molecule has 0 rings (SSSR count). The second-order valence-corrected chi connectivity index (χ2v) is 6.99.